The van der Waals surface area contributed by atoms with Gasteiger partial charge in [0.1, 0.15) is 0 Å². The quantitative estimate of drug-likeness (QED) is 0.208. The van der Waals surface area contributed by atoms with E-state index in [4.69, 9.17) is 9.97 Å². The number of rotatable bonds is 2. The van der Waals surface area contributed by atoms with E-state index >= 15 is 0 Å². The molecule has 0 aliphatic carbocycles. The highest BCUT2D eigenvalue weighted by Gasteiger charge is 2.23. The first-order valence-corrected chi connectivity index (χ1v) is 13.9. The lowest BCUT2D eigenvalue weighted by Gasteiger charge is -2.13. The maximum Gasteiger partial charge on any atom is 0.196 e. The third-order valence-corrected chi connectivity index (χ3v) is 8.52. The fourth-order valence-corrected chi connectivity index (χ4v) is 6.71. The van der Waals surface area contributed by atoms with Crippen molar-refractivity contribution in [1.29, 1.82) is 0 Å². The van der Waals surface area contributed by atoms with Crippen molar-refractivity contribution < 1.29 is 0 Å². The number of fused-ring (bicyclic) bond motifs is 8. The molecule has 9 aromatic rings. The average molecular weight is 537 g/mol. The Balaban J connectivity index is 1.55. The molecule has 42 heavy (non-hydrogen) atoms. The molecular weight excluding hydrogens is 516 g/mol. The molecule has 2 aromatic heterocycles. The van der Waals surface area contributed by atoms with Crippen LogP contribution < -0.4 is 10.9 Å². The summed E-state index contributed by atoms with van der Waals surface area (Å²) in [6.07, 6.45) is 0. The first-order valence-electron chi connectivity index (χ1n) is 13.9. The van der Waals surface area contributed by atoms with Crippen LogP contribution in [0.3, 0.4) is 0 Å². The van der Waals surface area contributed by atoms with Crippen LogP contribution in [0, 0.1) is 0 Å². The summed E-state index contributed by atoms with van der Waals surface area (Å²) in [5.41, 5.74) is 6.50. The predicted octanol–water partition coefficient (Wildman–Crippen LogP) is 8.33. The molecule has 7 aromatic carbocycles. The van der Waals surface area contributed by atoms with Crippen LogP contribution in [0.5, 0.6) is 0 Å². The molecule has 0 unspecified atom stereocenters. The summed E-state index contributed by atoms with van der Waals surface area (Å²) in [7, 11) is 0. The van der Waals surface area contributed by atoms with Crippen molar-refractivity contribution in [2.75, 3.05) is 0 Å². The fourth-order valence-electron chi connectivity index (χ4n) is 6.71. The van der Waals surface area contributed by atoms with Crippen molar-refractivity contribution in [2.24, 2.45) is 0 Å². The first kappa shape index (κ1) is 23.0. The number of aromatic nitrogens is 2. The first-order chi connectivity index (χ1) is 20.7. The fraction of sp³-hybridized carbons (Fsp3) is 0. The molecule has 4 heteroatoms. The molecule has 9 rings (SSSR count). The SMILES string of the molecule is O=c1c2ccccc2c2nc3cc4c(-c5ccccc5)c5c(=O)c6ccccc6c5nc4cc3c(-c3ccccc3)c12. The third-order valence-electron chi connectivity index (χ3n) is 8.52. The monoisotopic (exact) mass is 536 g/mol. The van der Waals surface area contributed by atoms with Crippen molar-refractivity contribution in [2.45, 2.75) is 0 Å². The number of pyridine rings is 2. The highest BCUT2D eigenvalue weighted by Crippen LogP contribution is 2.42. The van der Waals surface area contributed by atoms with E-state index in [1.807, 2.05) is 109 Å². The van der Waals surface area contributed by atoms with Crippen LogP contribution in [0.1, 0.15) is 0 Å². The molecular formula is C38H20N2O2. The normalized spacial score (nSPS) is 12.0. The van der Waals surface area contributed by atoms with Crippen LogP contribution in [0.4, 0.5) is 0 Å². The van der Waals surface area contributed by atoms with E-state index in [0.29, 0.717) is 32.6 Å². The second kappa shape index (κ2) is 8.38. The van der Waals surface area contributed by atoms with E-state index in [0.717, 1.165) is 54.8 Å². The Morgan fingerprint density at radius 1 is 0.381 bits per heavy atom. The Morgan fingerprint density at radius 3 is 1.14 bits per heavy atom. The van der Waals surface area contributed by atoms with Crippen LogP contribution in [0.15, 0.2) is 131 Å². The van der Waals surface area contributed by atoms with E-state index in [1.54, 1.807) is 0 Å². The molecule has 0 fully saturated rings. The summed E-state index contributed by atoms with van der Waals surface area (Å²) < 4.78 is 0. The number of hydrogen-bond acceptors (Lipinski definition) is 4. The van der Waals surface area contributed by atoms with Crippen molar-refractivity contribution in [3.05, 3.63) is 142 Å². The molecule has 0 aliphatic heterocycles. The van der Waals surface area contributed by atoms with E-state index < -0.39 is 0 Å². The molecule has 0 bridgehead atoms. The Labute approximate surface area is 238 Å². The smallest absolute Gasteiger partial charge is 0.196 e. The van der Waals surface area contributed by atoms with Gasteiger partial charge in [-0.1, -0.05) is 109 Å². The minimum absolute atomic E-state index is 0.0136. The standard InChI is InChI=1S/C38H20N2O2/c41-37-25-17-9-7-15-23(25)35-33(37)31(21-11-3-1-4-12-21)27-19-30-28(20-29(27)39-35)32(22-13-5-2-6-14-22)34-36(40-30)24-16-8-10-18-26(24)38(34)42/h1-20H. The van der Waals surface area contributed by atoms with Gasteiger partial charge in [0, 0.05) is 43.4 Å². The van der Waals surface area contributed by atoms with Gasteiger partial charge in [0.2, 0.25) is 0 Å². The summed E-state index contributed by atoms with van der Waals surface area (Å²) >= 11 is 0. The van der Waals surface area contributed by atoms with Gasteiger partial charge in [-0.05, 0) is 23.3 Å². The predicted molar refractivity (Wildman–Crippen MR) is 173 cm³/mol. The van der Waals surface area contributed by atoms with Gasteiger partial charge in [-0.15, -0.1) is 0 Å². The molecule has 0 saturated heterocycles. The molecule has 0 N–H and O–H groups in total. The summed E-state index contributed by atoms with van der Waals surface area (Å²) in [5.74, 6) is 0. The van der Waals surface area contributed by atoms with Gasteiger partial charge in [-0.2, -0.15) is 0 Å². The van der Waals surface area contributed by atoms with E-state index in [1.165, 1.54) is 0 Å². The Kier molecular flexibility index (Phi) is 4.59. The lowest BCUT2D eigenvalue weighted by atomic mass is 9.93. The highest BCUT2D eigenvalue weighted by atomic mass is 16.1. The zero-order valence-electron chi connectivity index (χ0n) is 22.3. The number of hydrogen-bond donors (Lipinski definition) is 0. The Hall–Kier alpha value is -5.74. The lowest BCUT2D eigenvalue weighted by Crippen LogP contribution is -2.00. The van der Waals surface area contributed by atoms with Crippen molar-refractivity contribution in [1.82, 2.24) is 9.97 Å². The zero-order chi connectivity index (χ0) is 27.9. The summed E-state index contributed by atoms with van der Waals surface area (Å²) in [5, 5.41) is 5.99. The molecule has 0 atom stereocenters. The summed E-state index contributed by atoms with van der Waals surface area (Å²) in [6, 6.07) is 39.5. The van der Waals surface area contributed by atoms with Gasteiger partial charge in [0.05, 0.1) is 32.8 Å². The summed E-state index contributed by atoms with van der Waals surface area (Å²) in [4.78, 5) is 38.0. The molecule has 194 valence electrons. The van der Waals surface area contributed by atoms with Crippen LogP contribution in [-0.4, -0.2) is 9.97 Å². The van der Waals surface area contributed by atoms with Gasteiger partial charge >= 0.3 is 0 Å². The molecule has 2 heterocycles. The largest absolute Gasteiger partial charge is 0.288 e. The van der Waals surface area contributed by atoms with Gasteiger partial charge in [-0.25, -0.2) is 9.97 Å². The van der Waals surface area contributed by atoms with Crippen molar-refractivity contribution >= 4 is 65.2 Å². The minimum Gasteiger partial charge on any atom is -0.288 e. The second-order valence-corrected chi connectivity index (χ2v) is 10.8. The maximum absolute atomic E-state index is 13.9. The highest BCUT2D eigenvalue weighted by molar-refractivity contribution is 6.24. The second-order valence-electron chi connectivity index (χ2n) is 10.8. The van der Waals surface area contributed by atoms with Crippen LogP contribution in [0.2, 0.25) is 0 Å². The van der Waals surface area contributed by atoms with Gasteiger partial charge in [-0.3, -0.25) is 9.59 Å². The lowest BCUT2D eigenvalue weighted by molar-refractivity contribution is 1.50. The topological polar surface area (TPSA) is 59.9 Å². The maximum atomic E-state index is 13.9. The molecule has 4 nitrogen and oxygen atoms in total. The minimum atomic E-state index is -0.0136. The zero-order valence-corrected chi connectivity index (χ0v) is 22.3. The van der Waals surface area contributed by atoms with E-state index in [2.05, 4.69) is 12.1 Å². The van der Waals surface area contributed by atoms with Crippen LogP contribution in [0.25, 0.3) is 87.4 Å². The van der Waals surface area contributed by atoms with Crippen molar-refractivity contribution in [3.8, 4) is 22.3 Å². The molecule has 0 spiro atoms. The number of nitrogens with zero attached hydrogens (tertiary/aromatic N) is 2. The molecule has 0 amide bonds. The Morgan fingerprint density at radius 2 is 0.738 bits per heavy atom. The van der Waals surface area contributed by atoms with Gasteiger partial charge in [0.25, 0.3) is 0 Å². The van der Waals surface area contributed by atoms with Crippen LogP contribution >= 0.6 is 0 Å². The summed E-state index contributed by atoms with van der Waals surface area (Å²) in [6.45, 7) is 0. The van der Waals surface area contributed by atoms with Crippen molar-refractivity contribution in [3.63, 3.8) is 0 Å². The Bertz CT molecular complexity index is 2460. The molecule has 0 saturated carbocycles. The average Bonchev–Trinajstić information content (AvgIpc) is 3.49. The van der Waals surface area contributed by atoms with Crippen LogP contribution in [-0.2, 0) is 0 Å². The van der Waals surface area contributed by atoms with E-state index in [9.17, 15) is 9.59 Å². The molecule has 0 aliphatic rings. The number of benzene rings is 5. The van der Waals surface area contributed by atoms with E-state index in [-0.39, 0.29) is 10.9 Å². The van der Waals surface area contributed by atoms with Gasteiger partial charge in [0.15, 0.2) is 10.9 Å². The third kappa shape index (κ3) is 3.01. The molecule has 0 radical (unpaired) electrons. The van der Waals surface area contributed by atoms with Gasteiger partial charge < -0.3 is 0 Å².